The minimum absolute atomic E-state index is 0.906. The van der Waals surface area contributed by atoms with Gasteiger partial charge in [-0.2, -0.15) is 5.10 Å². The first-order chi connectivity index (χ1) is 7.86. The number of hydrogen-bond acceptors (Lipinski definition) is 2. The minimum Gasteiger partial charge on any atom is -0.312 e. The Bertz CT molecular complexity index is 504. The van der Waals surface area contributed by atoms with Crippen molar-refractivity contribution in [1.29, 1.82) is 0 Å². The van der Waals surface area contributed by atoms with Crippen LogP contribution in [0, 0.1) is 0 Å². The van der Waals surface area contributed by atoms with E-state index in [4.69, 9.17) is 0 Å². The van der Waals surface area contributed by atoms with Crippen LogP contribution < -0.4 is 5.32 Å². The molecule has 0 radical (unpaired) electrons. The molecule has 1 aliphatic heterocycles. The van der Waals surface area contributed by atoms with Crippen molar-refractivity contribution in [3.63, 3.8) is 0 Å². The highest BCUT2D eigenvalue weighted by atomic mass is 79.9. The van der Waals surface area contributed by atoms with E-state index in [0.717, 1.165) is 29.8 Å². The van der Waals surface area contributed by atoms with E-state index in [1.807, 2.05) is 22.9 Å². The zero-order chi connectivity index (χ0) is 11.0. The summed E-state index contributed by atoms with van der Waals surface area (Å²) in [5.74, 6) is 0. The normalized spacial score (nSPS) is 14.8. The van der Waals surface area contributed by atoms with Crippen LogP contribution in [0.4, 0.5) is 0 Å². The van der Waals surface area contributed by atoms with E-state index in [1.54, 1.807) is 0 Å². The van der Waals surface area contributed by atoms with Crippen molar-refractivity contribution in [1.82, 2.24) is 15.1 Å². The van der Waals surface area contributed by atoms with Gasteiger partial charge in [0, 0.05) is 25.1 Å². The molecule has 0 unspecified atom stereocenters. The quantitative estimate of drug-likeness (QED) is 0.867. The van der Waals surface area contributed by atoms with Gasteiger partial charge in [-0.05, 0) is 28.1 Å². The van der Waals surface area contributed by atoms with E-state index in [1.165, 1.54) is 11.3 Å². The van der Waals surface area contributed by atoms with Crippen molar-refractivity contribution in [2.45, 2.75) is 13.0 Å². The van der Waals surface area contributed by atoms with Gasteiger partial charge in [0.25, 0.3) is 0 Å². The average Bonchev–Trinajstić information content (AvgIpc) is 2.69. The maximum Gasteiger partial charge on any atom is 0.133 e. The lowest BCUT2D eigenvalue weighted by molar-refractivity contribution is 0.622. The standard InChI is InChI=1S/C12H12BrN3/c13-12-10-8-14-7-6-11(10)16(15-12)9-4-2-1-3-5-9/h1-5,14H,6-8H2. The van der Waals surface area contributed by atoms with Crippen LogP contribution in [-0.4, -0.2) is 16.3 Å². The lowest BCUT2D eigenvalue weighted by atomic mass is 10.1. The Labute approximate surface area is 103 Å². The first kappa shape index (κ1) is 10.1. The summed E-state index contributed by atoms with van der Waals surface area (Å²) >= 11 is 3.53. The number of hydrogen-bond donors (Lipinski definition) is 1. The first-order valence-corrected chi connectivity index (χ1v) is 6.18. The van der Waals surface area contributed by atoms with Gasteiger partial charge < -0.3 is 5.32 Å². The summed E-state index contributed by atoms with van der Waals surface area (Å²) in [7, 11) is 0. The van der Waals surface area contributed by atoms with Crippen LogP contribution in [0.3, 0.4) is 0 Å². The Morgan fingerprint density at radius 1 is 1.25 bits per heavy atom. The minimum atomic E-state index is 0.906. The van der Waals surface area contributed by atoms with Crippen molar-refractivity contribution in [3.8, 4) is 5.69 Å². The smallest absolute Gasteiger partial charge is 0.133 e. The lowest BCUT2D eigenvalue weighted by Crippen LogP contribution is -2.24. The van der Waals surface area contributed by atoms with E-state index < -0.39 is 0 Å². The van der Waals surface area contributed by atoms with Crippen molar-refractivity contribution in [2.75, 3.05) is 6.54 Å². The number of fused-ring (bicyclic) bond motifs is 1. The van der Waals surface area contributed by atoms with E-state index in [9.17, 15) is 0 Å². The maximum absolute atomic E-state index is 4.56. The van der Waals surface area contributed by atoms with Gasteiger partial charge >= 0.3 is 0 Å². The van der Waals surface area contributed by atoms with Crippen molar-refractivity contribution in [2.24, 2.45) is 0 Å². The number of aromatic nitrogens is 2. The molecule has 82 valence electrons. The Kier molecular flexibility index (Phi) is 2.53. The van der Waals surface area contributed by atoms with Gasteiger partial charge in [0.2, 0.25) is 0 Å². The number of rotatable bonds is 1. The number of nitrogens with one attached hydrogen (secondary N) is 1. The molecule has 2 heterocycles. The molecular formula is C12H12BrN3. The average molecular weight is 278 g/mol. The maximum atomic E-state index is 4.56. The molecule has 0 bridgehead atoms. The molecule has 3 rings (SSSR count). The van der Waals surface area contributed by atoms with Crippen molar-refractivity contribution >= 4 is 15.9 Å². The molecule has 0 saturated heterocycles. The predicted octanol–water partition coefficient (Wildman–Crippen LogP) is 2.28. The molecule has 3 nitrogen and oxygen atoms in total. The number of halogens is 1. The third-order valence-corrected chi connectivity index (χ3v) is 3.52. The summed E-state index contributed by atoms with van der Waals surface area (Å²) in [6, 6.07) is 10.3. The Morgan fingerprint density at radius 2 is 2.06 bits per heavy atom. The molecule has 0 amide bonds. The van der Waals surface area contributed by atoms with Gasteiger partial charge in [0.1, 0.15) is 4.60 Å². The predicted molar refractivity (Wildman–Crippen MR) is 66.7 cm³/mol. The van der Waals surface area contributed by atoms with Crippen molar-refractivity contribution < 1.29 is 0 Å². The van der Waals surface area contributed by atoms with E-state index >= 15 is 0 Å². The highest BCUT2D eigenvalue weighted by Gasteiger charge is 2.19. The van der Waals surface area contributed by atoms with Crippen LogP contribution in [-0.2, 0) is 13.0 Å². The van der Waals surface area contributed by atoms with Crippen LogP contribution >= 0.6 is 15.9 Å². The number of nitrogens with zero attached hydrogens (tertiary/aromatic N) is 2. The molecule has 4 heteroatoms. The molecule has 1 aromatic carbocycles. The number of para-hydroxylation sites is 1. The second-order valence-corrected chi connectivity index (χ2v) is 4.64. The molecule has 0 atom stereocenters. The largest absolute Gasteiger partial charge is 0.312 e. The number of benzene rings is 1. The third kappa shape index (κ3) is 1.58. The topological polar surface area (TPSA) is 29.9 Å². The fourth-order valence-corrected chi connectivity index (χ4v) is 2.62. The molecule has 0 saturated carbocycles. The molecule has 16 heavy (non-hydrogen) atoms. The third-order valence-electron chi connectivity index (χ3n) is 2.88. The SMILES string of the molecule is Brc1nn(-c2ccccc2)c2c1CNCC2. The summed E-state index contributed by atoms with van der Waals surface area (Å²) in [6.07, 6.45) is 1.03. The Morgan fingerprint density at radius 3 is 2.88 bits per heavy atom. The monoisotopic (exact) mass is 277 g/mol. The fourth-order valence-electron chi connectivity index (χ4n) is 2.09. The van der Waals surface area contributed by atoms with E-state index in [-0.39, 0.29) is 0 Å². The molecule has 0 spiro atoms. The van der Waals surface area contributed by atoms with E-state index in [2.05, 4.69) is 38.5 Å². The van der Waals surface area contributed by atoms with Gasteiger partial charge in [-0.15, -0.1) is 0 Å². The lowest BCUT2D eigenvalue weighted by Gasteiger charge is -2.15. The van der Waals surface area contributed by atoms with Gasteiger partial charge in [0.05, 0.1) is 11.4 Å². The zero-order valence-corrected chi connectivity index (χ0v) is 10.4. The van der Waals surface area contributed by atoms with E-state index in [0.29, 0.717) is 0 Å². The Balaban J connectivity index is 2.15. The second kappa shape index (κ2) is 4.03. The van der Waals surface area contributed by atoms with Crippen LogP contribution in [0.15, 0.2) is 34.9 Å². The van der Waals surface area contributed by atoms with Gasteiger partial charge in [-0.1, -0.05) is 18.2 Å². The summed E-state index contributed by atoms with van der Waals surface area (Å²) in [4.78, 5) is 0. The highest BCUT2D eigenvalue weighted by molar-refractivity contribution is 9.10. The summed E-state index contributed by atoms with van der Waals surface area (Å²) < 4.78 is 3.00. The molecule has 1 N–H and O–H groups in total. The van der Waals surface area contributed by atoms with Crippen LogP contribution in [0.25, 0.3) is 5.69 Å². The molecule has 0 aliphatic carbocycles. The molecule has 1 aromatic heterocycles. The van der Waals surface area contributed by atoms with Crippen LogP contribution in [0.1, 0.15) is 11.3 Å². The highest BCUT2D eigenvalue weighted by Crippen LogP contribution is 2.25. The summed E-state index contributed by atoms with van der Waals surface area (Å²) in [5.41, 5.74) is 3.73. The zero-order valence-electron chi connectivity index (χ0n) is 8.78. The first-order valence-electron chi connectivity index (χ1n) is 5.38. The van der Waals surface area contributed by atoms with Gasteiger partial charge in [0.15, 0.2) is 0 Å². The van der Waals surface area contributed by atoms with Crippen LogP contribution in [0.2, 0.25) is 0 Å². The Hall–Kier alpha value is -1.13. The van der Waals surface area contributed by atoms with Gasteiger partial charge in [-0.3, -0.25) is 0 Å². The second-order valence-electron chi connectivity index (χ2n) is 3.89. The molecule has 1 aliphatic rings. The molecule has 2 aromatic rings. The summed E-state index contributed by atoms with van der Waals surface area (Å²) in [6.45, 7) is 1.93. The molecule has 0 fully saturated rings. The van der Waals surface area contributed by atoms with Crippen LogP contribution in [0.5, 0.6) is 0 Å². The molecular weight excluding hydrogens is 266 g/mol. The van der Waals surface area contributed by atoms with Gasteiger partial charge in [-0.25, -0.2) is 4.68 Å². The van der Waals surface area contributed by atoms with Crippen molar-refractivity contribution in [3.05, 3.63) is 46.2 Å². The summed E-state index contributed by atoms with van der Waals surface area (Å²) in [5, 5.41) is 7.92. The fraction of sp³-hybridized carbons (Fsp3) is 0.250.